The van der Waals surface area contributed by atoms with Crippen molar-refractivity contribution in [3.8, 4) is 56.2 Å². The lowest BCUT2D eigenvalue weighted by Crippen LogP contribution is -1.94. The molecule has 0 aliphatic rings. The highest BCUT2D eigenvalue weighted by atomic mass is 15.1. The Morgan fingerprint density at radius 3 is 1.43 bits per heavy atom. The third-order valence-corrected chi connectivity index (χ3v) is 8.29. The van der Waals surface area contributed by atoms with Crippen LogP contribution in [0.25, 0.3) is 78.5 Å². The number of hydrogen-bond donors (Lipinski definition) is 0. The van der Waals surface area contributed by atoms with Crippen molar-refractivity contribution in [1.29, 1.82) is 0 Å². The van der Waals surface area contributed by atoms with Gasteiger partial charge in [0.15, 0.2) is 11.3 Å². The summed E-state index contributed by atoms with van der Waals surface area (Å²) in [7, 11) is 4.03. The molecular weight excluding hydrogens is 540 g/mol. The summed E-state index contributed by atoms with van der Waals surface area (Å²) >= 11 is 0. The molecule has 0 N–H and O–H groups in total. The van der Waals surface area contributed by atoms with E-state index < -0.39 is 0 Å². The molecule has 0 aliphatic heterocycles. The van der Waals surface area contributed by atoms with Crippen LogP contribution >= 0.6 is 0 Å². The molecule has 4 heterocycles. The van der Waals surface area contributed by atoms with E-state index in [4.69, 9.17) is 9.97 Å². The molecule has 0 spiro atoms. The fraction of sp³-hybridized carbons (Fsp3) is 0.0526. The van der Waals surface area contributed by atoms with Crippen LogP contribution in [0.15, 0.2) is 134 Å². The molecule has 0 aliphatic carbocycles. The molecule has 8 rings (SSSR count). The van der Waals surface area contributed by atoms with Crippen molar-refractivity contribution in [3.05, 3.63) is 134 Å². The number of benzene rings is 4. The SMILES string of the molecule is Cn1c(-c2ccc(-c3ccc(-c4ccccc4)c(-c4ccc(-c5nc6cccnc6n5C)cc4)c3)cc2)nc2cccnc21. The number of imidazole rings is 2. The van der Waals surface area contributed by atoms with E-state index in [-0.39, 0.29) is 0 Å². The Kier molecular flexibility index (Phi) is 6.12. The van der Waals surface area contributed by atoms with E-state index in [1.54, 1.807) is 12.4 Å². The highest BCUT2D eigenvalue weighted by Gasteiger charge is 2.14. The molecule has 0 atom stereocenters. The summed E-state index contributed by atoms with van der Waals surface area (Å²) in [6, 6.07) is 42.5. The number of rotatable bonds is 5. The average Bonchev–Trinajstić information content (AvgIpc) is 3.61. The summed E-state index contributed by atoms with van der Waals surface area (Å²) in [6.07, 6.45) is 3.61. The maximum Gasteiger partial charge on any atom is 0.159 e. The molecule has 0 saturated heterocycles. The molecule has 4 aromatic carbocycles. The summed E-state index contributed by atoms with van der Waals surface area (Å²) in [5.41, 5.74) is 12.7. The van der Waals surface area contributed by atoms with Crippen molar-refractivity contribution in [2.75, 3.05) is 0 Å². The van der Waals surface area contributed by atoms with Crippen LogP contribution < -0.4 is 0 Å². The van der Waals surface area contributed by atoms with Crippen LogP contribution in [0.5, 0.6) is 0 Å². The first-order chi connectivity index (χ1) is 21.6. The molecule has 210 valence electrons. The third kappa shape index (κ3) is 4.36. The first-order valence-corrected chi connectivity index (χ1v) is 14.6. The number of pyridine rings is 2. The molecule has 4 aromatic heterocycles. The van der Waals surface area contributed by atoms with Crippen molar-refractivity contribution in [2.24, 2.45) is 14.1 Å². The van der Waals surface area contributed by atoms with Gasteiger partial charge in [-0.1, -0.05) is 91.0 Å². The maximum absolute atomic E-state index is 4.84. The number of hydrogen-bond acceptors (Lipinski definition) is 4. The molecule has 0 amide bonds. The lowest BCUT2D eigenvalue weighted by molar-refractivity contribution is 0.942. The quantitative estimate of drug-likeness (QED) is 0.209. The van der Waals surface area contributed by atoms with Gasteiger partial charge in [-0.2, -0.15) is 0 Å². The lowest BCUT2D eigenvalue weighted by Gasteiger charge is -2.14. The Morgan fingerprint density at radius 2 is 0.886 bits per heavy atom. The molecular formula is C38H28N6. The second-order valence-corrected chi connectivity index (χ2v) is 11.0. The third-order valence-electron chi connectivity index (χ3n) is 8.29. The minimum atomic E-state index is 0.879. The summed E-state index contributed by atoms with van der Waals surface area (Å²) in [4.78, 5) is 18.7. The monoisotopic (exact) mass is 568 g/mol. The standard InChI is InChI=1S/C38H28N6/c1-43-35(41-33-10-6-22-39-37(33)43)28-16-12-25(13-17-28)30-20-21-31(26-8-4-3-5-9-26)32(24-30)27-14-18-29(19-15-27)36-42-34-11-7-23-40-38(34)44(36)2/h3-24H,1-2H3. The first kappa shape index (κ1) is 25.8. The summed E-state index contributed by atoms with van der Waals surface area (Å²) in [5.74, 6) is 1.81. The van der Waals surface area contributed by atoms with Gasteiger partial charge in [-0.25, -0.2) is 19.9 Å². The maximum atomic E-state index is 4.84. The Balaban J connectivity index is 1.18. The fourth-order valence-corrected chi connectivity index (χ4v) is 6.01. The smallest absolute Gasteiger partial charge is 0.159 e. The fourth-order valence-electron chi connectivity index (χ4n) is 6.01. The van der Waals surface area contributed by atoms with Gasteiger partial charge in [0.2, 0.25) is 0 Å². The molecule has 0 saturated carbocycles. The van der Waals surface area contributed by atoms with Crippen LogP contribution in [-0.4, -0.2) is 29.1 Å². The van der Waals surface area contributed by atoms with E-state index in [2.05, 4.69) is 107 Å². The first-order valence-electron chi connectivity index (χ1n) is 14.6. The van der Waals surface area contributed by atoms with E-state index in [0.29, 0.717) is 0 Å². The normalized spacial score (nSPS) is 11.4. The molecule has 44 heavy (non-hydrogen) atoms. The van der Waals surface area contributed by atoms with Crippen LogP contribution in [0, 0.1) is 0 Å². The van der Waals surface area contributed by atoms with Gasteiger partial charge in [0.05, 0.1) is 0 Å². The van der Waals surface area contributed by atoms with Crippen molar-refractivity contribution in [2.45, 2.75) is 0 Å². The minimum Gasteiger partial charge on any atom is -0.312 e. The van der Waals surface area contributed by atoms with Crippen molar-refractivity contribution >= 4 is 22.3 Å². The van der Waals surface area contributed by atoms with Crippen LogP contribution in [-0.2, 0) is 14.1 Å². The van der Waals surface area contributed by atoms with Gasteiger partial charge < -0.3 is 9.13 Å². The summed E-state index contributed by atoms with van der Waals surface area (Å²) in [6.45, 7) is 0. The van der Waals surface area contributed by atoms with Gasteiger partial charge in [0.25, 0.3) is 0 Å². The zero-order valence-corrected chi connectivity index (χ0v) is 24.4. The van der Waals surface area contributed by atoms with Gasteiger partial charge in [-0.05, 0) is 63.7 Å². The zero-order chi connectivity index (χ0) is 29.6. The van der Waals surface area contributed by atoms with Gasteiger partial charge in [0, 0.05) is 37.6 Å². The minimum absolute atomic E-state index is 0.879. The number of nitrogens with zero attached hydrogens (tertiary/aromatic N) is 6. The topological polar surface area (TPSA) is 61.4 Å². The second-order valence-electron chi connectivity index (χ2n) is 11.0. The Hall–Kier alpha value is -5.88. The van der Waals surface area contributed by atoms with Crippen molar-refractivity contribution < 1.29 is 0 Å². The van der Waals surface area contributed by atoms with Crippen LogP contribution in [0.2, 0.25) is 0 Å². The van der Waals surface area contributed by atoms with Crippen molar-refractivity contribution in [3.63, 3.8) is 0 Å². The van der Waals surface area contributed by atoms with Crippen LogP contribution in [0.4, 0.5) is 0 Å². The van der Waals surface area contributed by atoms with E-state index in [9.17, 15) is 0 Å². The van der Waals surface area contributed by atoms with E-state index >= 15 is 0 Å². The highest BCUT2D eigenvalue weighted by molar-refractivity contribution is 5.88. The molecule has 0 bridgehead atoms. The number of fused-ring (bicyclic) bond motifs is 2. The van der Waals surface area contributed by atoms with Crippen LogP contribution in [0.1, 0.15) is 0 Å². The molecule has 0 radical (unpaired) electrons. The predicted molar refractivity (Wildman–Crippen MR) is 178 cm³/mol. The molecule has 8 aromatic rings. The van der Waals surface area contributed by atoms with Crippen LogP contribution in [0.3, 0.4) is 0 Å². The second kappa shape index (κ2) is 10.4. The van der Waals surface area contributed by atoms with E-state index in [0.717, 1.165) is 61.8 Å². The highest BCUT2D eigenvalue weighted by Crippen LogP contribution is 2.37. The molecule has 0 fully saturated rings. The Bertz CT molecular complexity index is 2280. The van der Waals surface area contributed by atoms with E-state index in [1.165, 1.54) is 16.7 Å². The van der Waals surface area contributed by atoms with Gasteiger partial charge in [-0.15, -0.1) is 0 Å². The van der Waals surface area contributed by atoms with E-state index in [1.807, 2.05) is 47.5 Å². The molecule has 6 heteroatoms. The zero-order valence-electron chi connectivity index (χ0n) is 24.4. The average molecular weight is 569 g/mol. The summed E-state index contributed by atoms with van der Waals surface area (Å²) in [5, 5.41) is 0. The number of aryl methyl sites for hydroxylation is 2. The predicted octanol–water partition coefficient (Wildman–Crippen LogP) is 8.59. The lowest BCUT2D eigenvalue weighted by atomic mass is 9.90. The summed E-state index contributed by atoms with van der Waals surface area (Å²) < 4.78 is 4.10. The Labute approximate surface area is 255 Å². The van der Waals surface area contributed by atoms with Gasteiger partial charge in [-0.3, -0.25) is 0 Å². The van der Waals surface area contributed by atoms with Gasteiger partial charge >= 0.3 is 0 Å². The number of aromatic nitrogens is 6. The Morgan fingerprint density at radius 1 is 0.409 bits per heavy atom. The largest absolute Gasteiger partial charge is 0.312 e. The van der Waals surface area contributed by atoms with Crippen molar-refractivity contribution in [1.82, 2.24) is 29.1 Å². The molecule has 6 nitrogen and oxygen atoms in total. The molecule has 0 unspecified atom stereocenters. The van der Waals surface area contributed by atoms with Gasteiger partial charge in [0.1, 0.15) is 22.7 Å².